The van der Waals surface area contributed by atoms with Crippen molar-refractivity contribution in [2.45, 2.75) is 20.3 Å². The van der Waals surface area contributed by atoms with E-state index in [0.717, 1.165) is 27.9 Å². The summed E-state index contributed by atoms with van der Waals surface area (Å²) >= 11 is 0. The van der Waals surface area contributed by atoms with Crippen LogP contribution in [-0.4, -0.2) is 14.2 Å². The van der Waals surface area contributed by atoms with E-state index in [9.17, 15) is 8.42 Å². The zero-order valence-electron chi connectivity index (χ0n) is 9.66. The van der Waals surface area contributed by atoms with E-state index < -0.39 is 9.05 Å². The number of hydrogen-bond acceptors (Lipinski definition) is 3. The second-order valence-electron chi connectivity index (χ2n) is 4.11. The maximum absolute atomic E-state index is 10.9. The lowest BCUT2D eigenvalue weighted by Crippen LogP contribution is -2.00. The Morgan fingerprint density at radius 3 is 2.65 bits per heavy atom. The van der Waals surface area contributed by atoms with Gasteiger partial charge < -0.3 is 4.42 Å². The summed E-state index contributed by atoms with van der Waals surface area (Å²) < 4.78 is 27.3. The molecule has 2 rings (SSSR count). The Kier molecular flexibility index (Phi) is 3.19. The van der Waals surface area contributed by atoms with Crippen LogP contribution in [0, 0.1) is 13.8 Å². The van der Waals surface area contributed by atoms with Crippen LogP contribution in [0.1, 0.15) is 16.9 Å². The second kappa shape index (κ2) is 4.35. The number of hydrogen-bond donors (Lipinski definition) is 0. The van der Waals surface area contributed by atoms with Gasteiger partial charge in [0, 0.05) is 16.1 Å². The lowest BCUT2D eigenvalue weighted by atomic mass is 10.1. The molecule has 5 heteroatoms. The molecule has 0 radical (unpaired) electrons. The molecule has 0 fully saturated rings. The summed E-state index contributed by atoms with van der Waals surface area (Å²) in [6.45, 7) is 3.92. The lowest BCUT2D eigenvalue weighted by molar-refractivity contribution is 0.574. The van der Waals surface area contributed by atoms with E-state index in [1.165, 1.54) is 0 Å². The van der Waals surface area contributed by atoms with Gasteiger partial charge in [0.25, 0.3) is 0 Å². The highest BCUT2D eigenvalue weighted by molar-refractivity contribution is 8.13. The zero-order chi connectivity index (χ0) is 12.6. The van der Waals surface area contributed by atoms with Gasteiger partial charge in [0.05, 0.1) is 5.75 Å². The van der Waals surface area contributed by atoms with Crippen molar-refractivity contribution in [2.24, 2.45) is 0 Å². The van der Waals surface area contributed by atoms with Crippen LogP contribution in [0.15, 0.2) is 22.6 Å². The number of halogens is 1. The minimum atomic E-state index is -3.44. The third-order valence-corrected chi connectivity index (χ3v) is 4.03. The van der Waals surface area contributed by atoms with Crippen LogP contribution in [0.25, 0.3) is 11.0 Å². The molecule has 0 bridgehead atoms. The summed E-state index contributed by atoms with van der Waals surface area (Å²) in [7, 11) is 1.74. The topological polar surface area (TPSA) is 47.3 Å². The summed E-state index contributed by atoms with van der Waals surface area (Å²) in [5, 5.41) is 1.07. The minimum Gasteiger partial charge on any atom is -0.461 e. The standard InChI is InChI=1S/C12H13ClO3S/c1-8-9(2)16-12-7-10(3-4-11(8)12)5-6-17(13,14)15/h3-4,7H,5-6H2,1-2H3. The Balaban J connectivity index is 2.32. The highest BCUT2D eigenvalue weighted by Gasteiger charge is 2.09. The summed E-state index contributed by atoms with van der Waals surface area (Å²) in [4.78, 5) is 0. The molecule has 17 heavy (non-hydrogen) atoms. The summed E-state index contributed by atoms with van der Waals surface area (Å²) in [6, 6.07) is 5.74. The zero-order valence-corrected chi connectivity index (χ0v) is 11.2. The van der Waals surface area contributed by atoms with Crippen LogP contribution < -0.4 is 0 Å². The minimum absolute atomic E-state index is 0.0568. The first kappa shape index (κ1) is 12.5. The number of aryl methyl sites for hydroxylation is 3. The van der Waals surface area contributed by atoms with Gasteiger partial charge in [0.1, 0.15) is 11.3 Å². The number of benzene rings is 1. The van der Waals surface area contributed by atoms with Crippen molar-refractivity contribution in [2.75, 3.05) is 5.75 Å². The smallest absolute Gasteiger partial charge is 0.232 e. The molecule has 92 valence electrons. The van der Waals surface area contributed by atoms with Crippen molar-refractivity contribution in [1.82, 2.24) is 0 Å². The van der Waals surface area contributed by atoms with E-state index in [1.807, 2.05) is 32.0 Å². The van der Waals surface area contributed by atoms with Crippen molar-refractivity contribution in [3.8, 4) is 0 Å². The van der Waals surface area contributed by atoms with Gasteiger partial charge in [-0.15, -0.1) is 0 Å². The second-order valence-corrected chi connectivity index (χ2v) is 7.00. The SMILES string of the molecule is Cc1oc2cc(CCS(=O)(=O)Cl)ccc2c1C. The van der Waals surface area contributed by atoms with Crippen LogP contribution in [-0.2, 0) is 15.5 Å². The molecule has 0 atom stereocenters. The van der Waals surface area contributed by atoms with Gasteiger partial charge in [-0.2, -0.15) is 0 Å². The maximum Gasteiger partial charge on any atom is 0.232 e. The monoisotopic (exact) mass is 272 g/mol. The molecule has 0 unspecified atom stereocenters. The molecule has 1 aromatic heterocycles. The van der Waals surface area contributed by atoms with Crippen LogP contribution in [0.4, 0.5) is 0 Å². The number of rotatable bonds is 3. The van der Waals surface area contributed by atoms with Gasteiger partial charge in [0.15, 0.2) is 0 Å². The number of fused-ring (bicyclic) bond motifs is 1. The van der Waals surface area contributed by atoms with Gasteiger partial charge in [0.2, 0.25) is 9.05 Å². The average Bonchev–Trinajstić information content (AvgIpc) is 2.51. The van der Waals surface area contributed by atoms with E-state index in [-0.39, 0.29) is 5.75 Å². The van der Waals surface area contributed by atoms with E-state index in [0.29, 0.717) is 6.42 Å². The Morgan fingerprint density at radius 2 is 2.00 bits per heavy atom. The Morgan fingerprint density at radius 1 is 1.29 bits per heavy atom. The molecular formula is C12H13ClO3S. The van der Waals surface area contributed by atoms with Crippen LogP contribution in [0.3, 0.4) is 0 Å². The van der Waals surface area contributed by atoms with E-state index in [4.69, 9.17) is 15.1 Å². The maximum atomic E-state index is 10.9. The van der Waals surface area contributed by atoms with Crippen molar-refractivity contribution < 1.29 is 12.8 Å². The molecule has 0 saturated heterocycles. The van der Waals surface area contributed by atoms with E-state index in [2.05, 4.69) is 0 Å². The van der Waals surface area contributed by atoms with E-state index in [1.54, 1.807) is 0 Å². The third-order valence-electron chi connectivity index (χ3n) is 2.88. The summed E-state index contributed by atoms with van der Waals surface area (Å²) in [5.41, 5.74) is 2.83. The molecule has 0 amide bonds. The van der Waals surface area contributed by atoms with Gasteiger partial charge in [-0.05, 0) is 37.5 Å². The lowest BCUT2D eigenvalue weighted by Gasteiger charge is -1.99. The highest BCUT2D eigenvalue weighted by atomic mass is 35.7. The molecule has 1 aromatic carbocycles. The fourth-order valence-electron chi connectivity index (χ4n) is 1.79. The molecule has 0 N–H and O–H groups in total. The van der Waals surface area contributed by atoms with Crippen molar-refractivity contribution in [3.63, 3.8) is 0 Å². The van der Waals surface area contributed by atoms with Gasteiger partial charge in [-0.3, -0.25) is 0 Å². The fraction of sp³-hybridized carbons (Fsp3) is 0.333. The highest BCUT2D eigenvalue weighted by Crippen LogP contribution is 2.25. The van der Waals surface area contributed by atoms with Gasteiger partial charge >= 0.3 is 0 Å². The predicted octanol–water partition coefficient (Wildman–Crippen LogP) is 3.16. The molecule has 0 aliphatic rings. The molecule has 1 heterocycles. The first-order chi connectivity index (χ1) is 7.87. The van der Waals surface area contributed by atoms with Crippen LogP contribution in [0.2, 0.25) is 0 Å². The fourth-order valence-corrected chi connectivity index (χ4v) is 2.50. The largest absolute Gasteiger partial charge is 0.461 e. The summed E-state index contributed by atoms with van der Waals surface area (Å²) in [6.07, 6.45) is 0.403. The van der Waals surface area contributed by atoms with Crippen molar-refractivity contribution in [1.29, 1.82) is 0 Å². The van der Waals surface area contributed by atoms with Crippen LogP contribution in [0.5, 0.6) is 0 Å². The molecule has 0 aliphatic heterocycles. The number of furan rings is 1. The normalized spacial score (nSPS) is 12.2. The van der Waals surface area contributed by atoms with Crippen LogP contribution >= 0.6 is 10.7 Å². The van der Waals surface area contributed by atoms with Crippen molar-refractivity contribution >= 4 is 30.7 Å². The Labute approximate surface area is 105 Å². The molecule has 0 saturated carbocycles. The molecule has 0 aliphatic carbocycles. The van der Waals surface area contributed by atoms with Crippen molar-refractivity contribution in [3.05, 3.63) is 35.1 Å². The van der Waals surface area contributed by atoms with Gasteiger partial charge in [-0.25, -0.2) is 8.42 Å². The first-order valence-electron chi connectivity index (χ1n) is 5.28. The third kappa shape index (κ3) is 2.82. The molecule has 3 nitrogen and oxygen atoms in total. The Hall–Kier alpha value is -1.00. The predicted molar refractivity (Wildman–Crippen MR) is 69.0 cm³/mol. The Bertz CT molecular complexity index is 656. The quantitative estimate of drug-likeness (QED) is 0.807. The van der Waals surface area contributed by atoms with Gasteiger partial charge in [-0.1, -0.05) is 12.1 Å². The molecule has 0 spiro atoms. The summed E-state index contributed by atoms with van der Waals surface area (Å²) in [5.74, 6) is 0.834. The molecular weight excluding hydrogens is 260 g/mol. The van der Waals surface area contributed by atoms with E-state index >= 15 is 0 Å². The average molecular weight is 273 g/mol. The first-order valence-corrected chi connectivity index (χ1v) is 7.75. The molecule has 2 aromatic rings.